The number of rotatable bonds is 3. The van der Waals surface area contributed by atoms with Crippen LogP contribution in [0.1, 0.15) is 17.2 Å². The van der Waals surface area contributed by atoms with Crippen LogP contribution in [-0.4, -0.2) is 9.55 Å². The van der Waals surface area contributed by atoms with Crippen LogP contribution < -0.4 is 0 Å². The molecule has 2 heterocycles. The predicted octanol–water partition coefficient (Wildman–Crippen LogP) is 5.42. The van der Waals surface area contributed by atoms with Crippen LogP contribution in [0.5, 0.6) is 0 Å². The molecule has 5 rings (SSSR count). The minimum absolute atomic E-state index is 0.0850. The van der Waals surface area contributed by atoms with Crippen LogP contribution >= 0.6 is 0 Å². The average Bonchev–Trinajstić information content (AvgIpc) is 3.31. The Morgan fingerprint density at radius 2 is 1.56 bits per heavy atom. The smallest absolute Gasteiger partial charge is 0.135 e. The Morgan fingerprint density at radius 3 is 2.40 bits per heavy atom. The molecule has 0 amide bonds. The van der Waals surface area contributed by atoms with Crippen LogP contribution in [0.25, 0.3) is 21.9 Å². The molecule has 0 saturated heterocycles. The van der Waals surface area contributed by atoms with Crippen molar-refractivity contribution in [1.82, 2.24) is 9.55 Å². The maximum atomic E-state index is 5.96. The van der Waals surface area contributed by atoms with Gasteiger partial charge in [-0.05, 0) is 29.3 Å². The van der Waals surface area contributed by atoms with Gasteiger partial charge in [0.25, 0.3) is 0 Å². The highest BCUT2D eigenvalue weighted by Crippen LogP contribution is 2.33. The zero-order valence-corrected chi connectivity index (χ0v) is 13.5. The van der Waals surface area contributed by atoms with E-state index in [4.69, 9.17) is 4.42 Å². The Hall–Kier alpha value is -3.33. The third kappa shape index (κ3) is 2.32. The molecule has 3 nitrogen and oxygen atoms in total. The van der Waals surface area contributed by atoms with E-state index in [1.165, 1.54) is 11.1 Å². The van der Waals surface area contributed by atoms with Crippen LogP contribution in [-0.2, 0) is 0 Å². The molecule has 3 heteroatoms. The normalized spacial score (nSPS) is 12.6. The second kappa shape index (κ2) is 5.64. The van der Waals surface area contributed by atoms with Gasteiger partial charge >= 0.3 is 0 Å². The molecule has 0 aliphatic rings. The molecule has 1 unspecified atom stereocenters. The summed E-state index contributed by atoms with van der Waals surface area (Å²) in [5, 5.41) is 2.30. The zero-order chi connectivity index (χ0) is 16.6. The Morgan fingerprint density at radius 1 is 0.760 bits per heavy atom. The van der Waals surface area contributed by atoms with Gasteiger partial charge in [-0.2, -0.15) is 0 Å². The number of furan rings is 1. The minimum atomic E-state index is 0.0850. The minimum Gasteiger partial charge on any atom is -0.456 e. The first-order valence-corrected chi connectivity index (χ1v) is 8.34. The maximum Gasteiger partial charge on any atom is 0.135 e. The first-order valence-electron chi connectivity index (χ1n) is 8.34. The standard InChI is InChI=1S/C22H16N2O/c1-2-6-16(7-3-1)22(24-13-12-23-15-24)17-10-11-21-19(14-17)18-8-4-5-9-20(18)25-21/h1-15,22H. The van der Waals surface area contributed by atoms with Crippen molar-refractivity contribution in [3.05, 3.63) is 103 Å². The van der Waals surface area contributed by atoms with Crippen molar-refractivity contribution >= 4 is 21.9 Å². The topological polar surface area (TPSA) is 31.0 Å². The van der Waals surface area contributed by atoms with Crippen molar-refractivity contribution in [3.8, 4) is 0 Å². The number of hydrogen-bond acceptors (Lipinski definition) is 2. The van der Waals surface area contributed by atoms with Gasteiger partial charge in [0.15, 0.2) is 0 Å². The second-order valence-electron chi connectivity index (χ2n) is 6.18. The van der Waals surface area contributed by atoms with E-state index >= 15 is 0 Å². The van der Waals surface area contributed by atoms with Crippen LogP contribution in [0.4, 0.5) is 0 Å². The Kier molecular flexibility index (Phi) is 3.17. The summed E-state index contributed by atoms with van der Waals surface area (Å²) in [6.45, 7) is 0. The van der Waals surface area contributed by atoms with Gasteiger partial charge in [-0.15, -0.1) is 0 Å². The van der Waals surface area contributed by atoms with E-state index in [-0.39, 0.29) is 6.04 Å². The van der Waals surface area contributed by atoms with Crippen LogP contribution in [0.2, 0.25) is 0 Å². The van der Waals surface area contributed by atoms with Gasteiger partial charge in [0.1, 0.15) is 11.2 Å². The van der Waals surface area contributed by atoms with Gasteiger partial charge in [-0.1, -0.05) is 54.6 Å². The van der Waals surface area contributed by atoms with Crippen LogP contribution in [0.15, 0.2) is 95.9 Å². The first-order chi connectivity index (χ1) is 12.4. The molecule has 0 aliphatic carbocycles. The van der Waals surface area contributed by atoms with E-state index in [9.17, 15) is 0 Å². The highest BCUT2D eigenvalue weighted by atomic mass is 16.3. The second-order valence-corrected chi connectivity index (χ2v) is 6.18. The van der Waals surface area contributed by atoms with E-state index in [2.05, 4.69) is 64.1 Å². The Bertz CT molecular complexity index is 1140. The summed E-state index contributed by atoms with van der Waals surface area (Å²) in [6.07, 6.45) is 5.70. The number of nitrogens with zero attached hydrogens (tertiary/aromatic N) is 2. The number of fused-ring (bicyclic) bond motifs is 3. The average molecular weight is 324 g/mol. The lowest BCUT2D eigenvalue weighted by Gasteiger charge is -2.19. The van der Waals surface area contributed by atoms with Crippen LogP contribution in [0.3, 0.4) is 0 Å². The molecule has 5 aromatic rings. The summed E-state index contributed by atoms with van der Waals surface area (Å²) in [6, 6.07) is 25.2. The van der Waals surface area contributed by atoms with Gasteiger partial charge in [-0.3, -0.25) is 0 Å². The van der Waals surface area contributed by atoms with Gasteiger partial charge in [0.05, 0.1) is 12.4 Å². The number of benzene rings is 3. The lowest BCUT2D eigenvalue weighted by Crippen LogP contribution is -2.10. The van der Waals surface area contributed by atoms with E-state index in [1.54, 1.807) is 0 Å². The molecule has 1 atom stereocenters. The lowest BCUT2D eigenvalue weighted by molar-refractivity contribution is 0.664. The highest BCUT2D eigenvalue weighted by molar-refractivity contribution is 6.05. The molecule has 0 radical (unpaired) electrons. The van der Waals surface area contributed by atoms with Crippen molar-refractivity contribution in [2.75, 3.05) is 0 Å². The molecule has 25 heavy (non-hydrogen) atoms. The summed E-state index contributed by atoms with van der Waals surface area (Å²) >= 11 is 0. The molecule has 0 N–H and O–H groups in total. The van der Waals surface area contributed by atoms with Crippen molar-refractivity contribution < 1.29 is 4.42 Å². The van der Waals surface area contributed by atoms with Crippen LogP contribution in [0, 0.1) is 0 Å². The fourth-order valence-electron chi connectivity index (χ4n) is 3.51. The summed E-state index contributed by atoms with van der Waals surface area (Å²) in [5.74, 6) is 0. The molecule has 0 spiro atoms. The SMILES string of the molecule is c1ccc(C(c2ccc3oc4ccccc4c3c2)n2ccnc2)cc1. The fourth-order valence-corrected chi connectivity index (χ4v) is 3.51. The zero-order valence-electron chi connectivity index (χ0n) is 13.5. The predicted molar refractivity (Wildman–Crippen MR) is 99.6 cm³/mol. The van der Waals surface area contributed by atoms with Crippen molar-refractivity contribution in [2.45, 2.75) is 6.04 Å². The number of hydrogen-bond donors (Lipinski definition) is 0. The van der Waals surface area contributed by atoms with E-state index in [0.717, 1.165) is 21.9 Å². The quantitative estimate of drug-likeness (QED) is 0.443. The van der Waals surface area contributed by atoms with Crippen molar-refractivity contribution in [3.63, 3.8) is 0 Å². The van der Waals surface area contributed by atoms with E-state index in [0.29, 0.717) is 0 Å². The largest absolute Gasteiger partial charge is 0.456 e. The summed E-state index contributed by atoms with van der Waals surface area (Å²) in [5.41, 5.74) is 4.28. The number of para-hydroxylation sites is 1. The molecule has 0 fully saturated rings. The van der Waals surface area contributed by atoms with Gasteiger partial charge in [0, 0.05) is 23.2 Å². The molecule has 2 aromatic heterocycles. The highest BCUT2D eigenvalue weighted by Gasteiger charge is 2.17. The van der Waals surface area contributed by atoms with Gasteiger partial charge in [-0.25, -0.2) is 4.98 Å². The first kappa shape index (κ1) is 14.1. The van der Waals surface area contributed by atoms with Gasteiger partial charge in [0.2, 0.25) is 0 Å². The lowest BCUT2D eigenvalue weighted by atomic mass is 9.97. The Balaban J connectivity index is 1.75. The van der Waals surface area contributed by atoms with E-state index in [1.807, 2.05) is 36.9 Å². The Labute approximate surface area is 145 Å². The molecule has 0 aliphatic heterocycles. The van der Waals surface area contributed by atoms with Crippen molar-refractivity contribution in [2.24, 2.45) is 0 Å². The fraction of sp³-hybridized carbons (Fsp3) is 0.0455. The monoisotopic (exact) mass is 324 g/mol. The molecule has 0 bridgehead atoms. The van der Waals surface area contributed by atoms with Gasteiger partial charge < -0.3 is 8.98 Å². The summed E-state index contributed by atoms with van der Waals surface area (Å²) in [7, 11) is 0. The number of aromatic nitrogens is 2. The third-order valence-corrected chi connectivity index (χ3v) is 4.65. The molecule has 0 saturated carbocycles. The van der Waals surface area contributed by atoms with E-state index < -0.39 is 0 Å². The van der Waals surface area contributed by atoms with Crippen molar-refractivity contribution in [1.29, 1.82) is 0 Å². The summed E-state index contributed by atoms with van der Waals surface area (Å²) < 4.78 is 8.10. The molecular formula is C22H16N2O. The summed E-state index contributed by atoms with van der Waals surface area (Å²) in [4.78, 5) is 4.24. The number of imidazole rings is 1. The maximum absolute atomic E-state index is 5.96. The molecule has 120 valence electrons. The molecular weight excluding hydrogens is 308 g/mol. The molecule has 3 aromatic carbocycles. The third-order valence-electron chi connectivity index (χ3n) is 4.65.